The van der Waals surface area contributed by atoms with Gasteiger partial charge < -0.3 is 14.2 Å². The van der Waals surface area contributed by atoms with Gasteiger partial charge in [0.2, 0.25) is 0 Å². The van der Waals surface area contributed by atoms with Crippen molar-refractivity contribution in [1.29, 1.82) is 0 Å². The molecule has 2 aromatic carbocycles. The first-order chi connectivity index (χ1) is 16.0. The van der Waals surface area contributed by atoms with Crippen LogP contribution < -0.4 is 19.5 Å². The predicted molar refractivity (Wildman–Crippen MR) is 123 cm³/mol. The molecule has 1 fully saturated rings. The Bertz CT molecular complexity index is 1060. The molecule has 0 saturated carbocycles. The maximum atomic E-state index is 13.1. The number of carbonyl (C=O) groups is 3. The zero-order chi connectivity index (χ0) is 23.8. The lowest BCUT2D eigenvalue weighted by atomic mass is 10.1. The first-order valence-electron chi connectivity index (χ1n) is 11.0. The van der Waals surface area contributed by atoms with Gasteiger partial charge in [-0.1, -0.05) is 25.1 Å². The second-order valence-corrected chi connectivity index (χ2v) is 7.28. The third-order valence-corrected chi connectivity index (χ3v) is 4.78. The van der Waals surface area contributed by atoms with Crippen LogP contribution in [0, 0.1) is 0 Å². The Kier molecular flexibility index (Phi) is 8.07. The van der Waals surface area contributed by atoms with Gasteiger partial charge in [-0.15, -0.1) is 0 Å². The molecule has 0 atom stereocenters. The van der Waals surface area contributed by atoms with Gasteiger partial charge in [-0.25, -0.2) is 4.79 Å². The van der Waals surface area contributed by atoms with Crippen molar-refractivity contribution in [3.8, 4) is 17.2 Å². The van der Waals surface area contributed by atoms with Gasteiger partial charge in [0.15, 0.2) is 11.5 Å². The van der Waals surface area contributed by atoms with Crippen LogP contribution in [0.15, 0.2) is 48.0 Å². The van der Waals surface area contributed by atoms with Crippen LogP contribution in [-0.4, -0.2) is 42.6 Å². The average Bonchev–Trinajstić information content (AvgIpc) is 2.79. The molecule has 8 nitrogen and oxygen atoms in total. The summed E-state index contributed by atoms with van der Waals surface area (Å²) in [7, 11) is 0. The number of carbonyl (C=O) groups excluding carboxylic acids is 3. The molecule has 0 spiro atoms. The largest absolute Gasteiger partial charge is 0.494 e. The molecule has 2 aromatic rings. The smallest absolute Gasteiger partial charge is 0.331 e. The quantitative estimate of drug-likeness (QED) is 0.434. The van der Waals surface area contributed by atoms with Crippen LogP contribution in [-0.2, 0) is 16.1 Å². The van der Waals surface area contributed by atoms with Crippen LogP contribution in [0.4, 0.5) is 4.79 Å². The summed E-state index contributed by atoms with van der Waals surface area (Å²) in [6, 6.07) is 11.5. The fourth-order valence-corrected chi connectivity index (χ4v) is 3.30. The number of imide groups is 2. The molecular formula is C25H28N2O6. The number of ether oxygens (including phenoxy) is 3. The molecule has 0 unspecified atom stereocenters. The summed E-state index contributed by atoms with van der Waals surface area (Å²) < 4.78 is 16.8. The van der Waals surface area contributed by atoms with Crippen molar-refractivity contribution in [2.45, 2.75) is 33.7 Å². The number of nitrogens with zero attached hydrogens (tertiary/aromatic N) is 1. The predicted octanol–water partition coefficient (Wildman–Crippen LogP) is 3.93. The van der Waals surface area contributed by atoms with E-state index >= 15 is 0 Å². The number of urea groups is 1. The second kappa shape index (κ2) is 11.2. The van der Waals surface area contributed by atoms with E-state index in [0.29, 0.717) is 48.2 Å². The third-order valence-electron chi connectivity index (χ3n) is 4.78. The van der Waals surface area contributed by atoms with Crippen LogP contribution in [0.5, 0.6) is 17.2 Å². The minimum absolute atomic E-state index is 0.0254. The van der Waals surface area contributed by atoms with Crippen LogP contribution >= 0.6 is 0 Å². The number of benzene rings is 2. The molecule has 1 aliphatic rings. The van der Waals surface area contributed by atoms with E-state index in [1.54, 1.807) is 42.5 Å². The molecule has 8 heteroatoms. The molecule has 1 aliphatic heterocycles. The highest BCUT2D eigenvalue weighted by atomic mass is 16.5. The summed E-state index contributed by atoms with van der Waals surface area (Å²) in [6.45, 7) is 7.20. The lowest BCUT2D eigenvalue weighted by Crippen LogP contribution is -2.53. The molecule has 174 valence electrons. The molecule has 0 bridgehead atoms. The van der Waals surface area contributed by atoms with Gasteiger partial charge in [0, 0.05) is 0 Å². The number of amides is 4. The van der Waals surface area contributed by atoms with Crippen LogP contribution in [0.25, 0.3) is 6.08 Å². The van der Waals surface area contributed by atoms with Gasteiger partial charge in [-0.2, -0.15) is 0 Å². The van der Waals surface area contributed by atoms with Crippen LogP contribution in [0.1, 0.15) is 38.3 Å². The standard InChI is InChI=1S/C25H28N2O6/c1-4-12-33-21-11-10-18(15-22(21)32-6-3)16-27-24(29)20(23(28)26-25(27)30)14-17-8-7-9-19(13-17)31-5-2/h7-11,13-15H,4-6,12,16H2,1-3H3,(H,26,28,30)/b20-14-. The third kappa shape index (κ3) is 5.91. The van der Waals surface area contributed by atoms with Crippen molar-refractivity contribution in [1.82, 2.24) is 10.2 Å². The summed E-state index contributed by atoms with van der Waals surface area (Å²) in [5, 5.41) is 2.24. The van der Waals surface area contributed by atoms with Gasteiger partial charge in [0.25, 0.3) is 11.8 Å². The molecule has 1 N–H and O–H groups in total. The number of nitrogens with one attached hydrogen (secondary N) is 1. The lowest BCUT2D eigenvalue weighted by Gasteiger charge is -2.26. The Morgan fingerprint density at radius 1 is 0.909 bits per heavy atom. The van der Waals surface area contributed by atoms with E-state index in [1.807, 2.05) is 20.8 Å². The lowest BCUT2D eigenvalue weighted by molar-refractivity contribution is -0.130. The minimum atomic E-state index is -0.769. The maximum Gasteiger partial charge on any atom is 0.331 e. The number of barbiturate groups is 1. The minimum Gasteiger partial charge on any atom is -0.494 e. The van der Waals surface area contributed by atoms with Crippen molar-refractivity contribution in [2.24, 2.45) is 0 Å². The molecule has 1 saturated heterocycles. The number of hydrogen-bond donors (Lipinski definition) is 1. The van der Waals surface area contributed by atoms with Crippen LogP contribution in [0.3, 0.4) is 0 Å². The van der Waals surface area contributed by atoms with Gasteiger partial charge in [-0.05, 0) is 61.7 Å². The summed E-state index contributed by atoms with van der Waals surface area (Å²) in [6.07, 6.45) is 2.30. The first kappa shape index (κ1) is 23.8. The Hall–Kier alpha value is -3.81. The zero-order valence-corrected chi connectivity index (χ0v) is 19.1. The van der Waals surface area contributed by atoms with Crippen molar-refractivity contribution >= 4 is 23.9 Å². The van der Waals surface area contributed by atoms with Gasteiger partial charge in [0.05, 0.1) is 26.4 Å². The van der Waals surface area contributed by atoms with E-state index in [4.69, 9.17) is 14.2 Å². The SMILES string of the molecule is CCCOc1ccc(CN2C(=O)NC(=O)/C(=C/c3cccc(OCC)c3)C2=O)cc1OCC. The molecule has 3 rings (SSSR count). The van der Waals surface area contributed by atoms with E-state index in [0.717, 1.165) is 11.3 Å². The fraction of sp³-hybridized carbons (Fsp3) is 0.320. The van der Waals surface area contributed by atoms with Gasteiger partial charge in [0.1, 0.15) is 11.3 Å². The van der Waals surface area contributed by atoms with E-state index in [1.165, 1.54) is 6.08 Å². The molecule has 1 heterocycles. The summed E-state index contributed by atoms with van der Waals surface area (Å²) >= 11 is 0. The molecule has 4 amide bonds. The molecular weight excluding hydrogens is 424 g/mol. The summed E-state index contributed by atoms with van der Waals surface area (Å²) in [4.78, 5) is 38.9. The second-order valence-electron chi connectivity index (χ2n) is 7.28. The molecule has 0 aromatic heterocycles. The molecule has 0 aliphatic carbocycles. The normalized spacial score (nSPS) is 14.9. The van der Waals surface area contributed by atoms with E-state index < -0.39 is 17.8 Å². The average molecular weight is 453 g/mol. The Morgan fingerprint density at radius 3 is 2.42 bits per heavy atom. The van der Waals surface area contributed by atoms with E-state index in [9.17, 15) is 14.4 Å². The highest BCUT2D eigenvalue weighted by molar-refractivity contribution is 6.30. The van der Waals surface area contributed by atoms with Crippen LogP contribution in [0.2, 0.25) is 0 Å². The zero-order valence-electron chi connectivity index (χ0n) is 19.1. The first-order valence-corrected chi connectivity index (χ1v) is 11.0. The monoisotopic (exact) mass is 452 g/mol. The fourth-order valence-electron chi connectivity index (χ4n) is 3.30. The van der Waals surface area contributed by atoms with Gasteiger partial charge in [-0.3, -0.25) is 19.8 Å². The highest BCUT2D eigenvalue weighted by Gasteiger charge is 2.35. The van der Waals surface area contributed by atoms with Crippen molar-refractivity contribution < 1.29 is 28.6 Å². The Balaban J connectivity index is 1.85. The molecule has 33 heavy (non-hydrogen) atoms. The van der Waals surface area contributed by atoms with Gasteiger partial charge >= 0.3 is 6.03 Å². The summed E-state index contributed by atoms with van der Waals surface area (Å²) in [5.41, 5.74) is 1.15. The van der Waals surface area contributed by atoms with Crippen molar-refractivity contribution in [3.63, 3.8) is 0 Å². The highest BCUT2D eigenvalue weighted by Crippen LogP contribution is 2.30. The Morgan fingerprint density at radius 2 is 1.70 bits per heavy atom. The maximum absolute atomic E-state index is 13.1. The van der Waals surface area contributed by atoms with E-state index in [-0.39, 0.29) is 12.1 Å². The number of rotatable bonds is 10. The van der Waals surface area contributed by atoms with E-state index in [2.05, 4.69) is 5.32 Å². The van der Waals surface area contributed by atoms with Crippen molar-refractivity contribution in [3.05, 3.63) is 59.2 Å². The topological polar surface area (TPSA) is 94.2 Å². The summed E-state index contributed by atoms with van der Waals surface area (Å²) in [5.74, 6) is 0.350. The molecule has 0 radical (unpaired) electrons. The Labute approximate surface area is 193 Å². The van der Waals surface area contributed by atoms with Crippen molar-refractivity contribution in [2.75, 3.05) is 19.8 Å². The number of hydrogen-bond acceptors (Lipinski definition) is 6.